The molecule has 0 atom stereocenters. The van der Waals surface area contributed by atoms with Gasteiger partial charge in [-0.2, -0.15) is 5.10 Å². The molecule has 1 aromatic heterocycles. The van der Waals surface area contributed by atoms with Crippen molar-refractivity contribution in [3.05, 3.63) is 41.2 Å². The van der Waals surface area contributed by atoms with Gasteiger partial charge in [-0.1, -0.05) is 11.6 Å². The van der Waals surface area contributed by atoms with Crippen LogP contribution in [-0.2, 0) is 6.61 Å². The van der Waals surface area contributed by atoms with Gasteiger partial charge < -0.3 is 9.84 Å². The number of benzene rings is 1. The third kappa shape index (κ3) is 2.03. The predicted octanol–water partition coefficient (Wildman–Crippen LogP) is 2.03. The fourth-order valence-corrected chi connectivity index (χ4v) is 1.61. The molecular weight excluding hydrogens is 228 g/mol. The zero-order valence-electron chi connectivity index (χ0n) is 8.72. The monoisotopic (exact) mass is 238 g/mol. The second-order valence-electron chi connectivity index (χ2n) is 3.26. The van der Waals surface area contributed by atoms with Gasteiger partial charge in [0.1, 0.15) is 5.75 Å². The quantitative estimate of drug-likeness (QED) is 0.890. The van der Waals surface area contributed by atoms with Crippen LogP contribution in [0.1, 0.15) is 5.56 Å². The first-order valence-corrected chi connectivity index (χ1v) is 5.10. The Morgan fingerprint density at radius 1 is 1.50 bits per heavy atom. The highest BCUT2D eigenvalue weighted by Gasteiger charge is 2.06. The molecule has 0 aliphatic heterocycles. The third-order valence-corrected chi connectivity index (χ3v) is 2.45. The maximum atomic E-state index is 9.28. The lowest BCUT2D eigenvalue weighted by atomic mass is 10.2. The topological polar surface area (TPSA) is 47.3 Å². The minimum Gasteiger partial charge on any atom is -0.497 e. The molecule has 16 heavy (non-hydrogen) atoms. The van der Waals surface area contributed by atoms with E-state index in [1.54, 1.807) is 30.3 Å². The van der Waals surface area contributed by atoms with Crippen LogP contribution in [0.4, 0.5) is 0 Å². The Hall–Kier alpha value is -1.52. The molecule has 1 N–H and O–H groups in total. The maximum absolute atomic E-state index is 9.28. The maximum Gasteiger partial charge on any atom is 0.119 e. The SMILES string of the molecule is COc1ccc(-n2cc(Cl)cn2)c(CO)c1. The fourth-order valence-electron chi connectivity index (χ4n) is 1.47. The zero-order chi connectivity index (χ0) is 11.5. The standard InChI is InChI=1S/C11H11ClN2O2/c1-16-10-2-3-11(8(4-10)7-15)14-6-9(12)5-13-14/h2-6,15H,7H2,1H3. The highest BCUT2D eigenvalue weighted by atomic mass is 35.5. The van der Waals surface area contributed by atoms with E-state index in [2.05, 4.69) is 5.10 Å². The molecule has 0 aliphatic rings. The smallest absolute Gasteiger partial charge is 0.119 e. The molecule has 2 aromatic rings. The summed E-state index contributed by atoms with van der Waals surface area (Å²) in [5, 5.41) is 13.9. The Labute approximate surface area is 98.0 Å². The van der Waals surface area contributed by atoms with Crippen LogP contribution in [0.5, 0.6) is 5.75 Å². The summed E-state index contributed by atoms with van der Waals surface area (Å²) in [4.78, 5) is 0. The van der Waals surface area contributed by atoms with Gasteiger partial charge in [0.2, 0.25) is 0 Å². The van der Waals surface area contributed by atoms with Crippen LogP contribution >= 0.6 is 11.6 Å². The van der Waals surface area contributed by atoms with Gasteiger partial charge in [-0.05, 0) is 18.2 Å². The van der Waals surface area contributed by atoms with E-state index in [9.17, 15) is 5.11 Å². The molecule has 0 saturated heterocycles. The van der Waals surface area contributed by atoms with Gasteiger partial charge in [0.05, 0.1) is 30.6 Å². The average molecular weight is 239 g/mol. The summed E-state index contributed by atoms with van der Waals surface area (Å²) in [6.07, 6.45) is 3.23. The summed E-state index contributed by atoms with van der Waals surface area (Å²) < 4.78 is 6.70. The first kappa shape index (κ1) is 11.0. The summed E-state index contributed by atoms with van der Waals surface area (Å²) in [6.45, 7) is -0.0794. The number of nitrogens with zero attached hydrogens (tertiary/aromatic N) is 2. The molecule has 5 heteroatoms. The molecule has 0 saturated carbocycles. The average Bonchev–Trinajstić information content (AvgIpc) is 2.74. The van der Waals surface area contributed by atoms with Crippen molar-refractivity contribution in [3.8, 4) is 11.4 Å². The van der Waals surface area contributed by atoms with Crippen molar-refractivity contribution < 1.29 is 9.84 Å². The van der Waals surface area contributed by atoms with E-state index in [0.29, 0.717) is 10.8 Å². The van der Waals surface area contributed by atoms with Gasteiger partial charge in [-0.25, -0.2) is 4.68 Å². The molecule has 0 bridgehead atoms. The van der Waals surface area contributed by atoms with E-state index in [0.717, 1.165) is 11.3 Å². The molecule has 84 valence electrons. The lowest BCUT2D eigenvalue weighted by Crippen LogP contribution is -2.00. The number of hydrogen-bond donors (Lipinski definition) is 1. The van der Waals surface area contributed by atoms with Crippen LogP contribution in [0, 0.1) is 0 Å². The third-order valence-electron chi connectivity index (χ3n) is 2.25. The van der Waals surface area contributed by atoms with E-state index in [4.69, 9.17) is 16.3 Å². The van der Waals surface area contributed by atoms with Crippen LogP contribution in [-0.4, -0.2) is 22.0 Å². The molecule has 2 rings (SSSR count). The van der Waals surface area contributed by atoms with E-state index >= 15 is 0 Å². The van der Waals surface area contributed by atoms with Crippen LogP contribution in [0.15, 0.2) is 30.6 Å². The summed E-state index contributed by atoms with van der Waals surface area (Å²) in [6, 6.07) is 5.41. The summed E-state index contributed by atoms with van der Waals surface area (Å²) >= 11 is 5.79. The van der Waals surface area contributed by atoms with Gasteiger partial charge >= 0.3 is 0 Å². The van der Waals surface area contributed by atoms with Gasteiger partial charge in [-0.15, -0.1) is 0 Å². The van der Waals surface area contributed by atoms with Crippen LogP contribution in [0.3, 0.4) is 0 Å². The Morgan fingerprint density at radius 2 is 2.31 bits per heavy atom. The van der Waals surface area contributed by atoms with Gasteiger partial charge in [0.15, 0.2) is 0 Å². The van der Waals surface area contributed by atoms with Crippen molar-refractivity contribution in [1.29, 1.82) is 0 Å². The van der Waals surface area contributed by atoms with Crippen molar-refractivity contribution in [2.75, 3.05) is 7.11 Å². The van der Waals surface area contributed by atoms with E-state index in [1.807, 2.05) is 12.1 Å². The fraction of sp³-hybridized carbons (Fsp3) is 0.182. The molecule has 0 spiro atoms. The number of aliphatic hydroxyl groups excluding tert-OH is 1. The van der Waals surface area contributed by atoms with Gasteiger partial charge in [0.25, 0.3) is 0 Å². The number of aliphatic hydroxyl groups is 1. The minimum absolute atomic E-state index is 0.0794. The number of methoxy groups -OCH3 is 1. The molecule has 0 aliphatic carbocycles. The number of halogens is 1. The van der Waals surface area contributed by atoms with E-state index in [1.165, 1.54) is 0 Å². The molecule has 4 nitrogen and oxygen atoms in total. The van der Waals surface area contributed by atoms with Crippen LogP contribution in [0.2, 0.25) is 5.02 Å². The molecule has 0 radical (unpaired) electrons. The van der Waals surface area contributed by atoms with Gasteiger partial charge in [-0.3, -0.25) is 0 Å². The van der Waals surface area contributed by atoms with Gasteiger partial charge in [0, 0.05) is 11.8 Å². The Kier molecular flexibility index (Phi) is 3.12. The van der Waals surface area contributed by atoms with Crippen molar-refractivity contribution in [2.24, 2.45) is 0 Å². The number of hydrogen-bond acceptors (Lipinski definition) is 3. The largest absolute Gasteiger partial charge is 0.497 e. The summed E-state index contributed by atoms with van der Waals surface area (Å²) in [5.41, 5.74) is 1.52. The molecule has 1 heterocycles. The predicted molar refractivity (Wildman–Crippen MR) is 61.0 cm³/mol. The highest BCUT2D eigenvalue weighted by molar-refractivity contribution is 6.30. The number of ether oxygens (including phenoxy) is 1. The first-order chi connectivity index (χ1) is 7.74. The van der Waals surface area contributed by atoms with E-state index < -0.39 is 0 Å². The Balaban J connectivity index is 2.48. The molecule has 1 aromatic carbocycles. The first-order valence-electron chi connectivity index (χ1n) is 4.73. The minimum atomic E-state index is -0.0794. The molecule has 0 amide bonds. The summed E-state index contributed by atoms with van der Waals surface area (Å²) in [5.74, 6) is 0.700. The van der Waals surface area contributed by atoms with Crippen LogP contribution < -0.4 is 4.74 Å². The normalized spacial score (nSPS) is 10.4. The van der Waals surface area contributed by atoms with Crippen molar-refractivity contribution in [2.45, 2.75) is 6.61 Å². The van der Waals surface area contributed by atoms with Crippen molar-refractivity contribution in [1.82, 2.24) is 9.78 Å². The Bertz CT molecular complexity index is 496. The highest BCUT2D eigenvalue weighted by Crippen LogP contribution is 2.21. The molecule has 0 fully saturated rings. The second-order valence-corrected chi connectivity index (χ2v) is 3.69. The lowest BCUT2D eigenvalue weighted by Gasteiger charge is -2.09. The van der Waals surface area contributed by atoms with E-state index in [-0.39, 0.29) is 6.61 Å². The second kappa shape index (κ2) is 4.55. The molecule has 0 unspecified atom stereocenters. The number of aromatic nitrogens is 2. The Morgan fingerprint density at radius 3 is 2.88 bits per heavy atom. The zero-order valence-corrected chi connectivity index (χ0v) is 9.48. The lowest BCUT2D eigenvalue weighted by molar-refractivity contribution is 0.280. The molecular formula is C11H11ClN2O2. The van der Waals surface area contributed by atoms with Crippen LogP contribution in [0.25, 0.3) is 5.69 Å². The van der Waals surface area contributed by atoms with Crippen molar-refractivity contribution in [3.63, 3.8) is 0 Å². The van der Waals surface area contributed by atoms with Crippen molar-refractivity contribution >= 4 is 11.6 Å². The summed E-state index contributed by atoms with van der Waals surface area (Å²) in [7, 11) is 1.58. The number of rotatable bonds is 3.